The number of carboxylic acids is 1. The third kappa shape index (κ3) is 2.02. The molecule has 1 N–H and O–H groups in total. The molecule has 0 amide bonds. The van der Waals surface area contributed by atoms with Crippen LogP contribution in [0, 0.1) is 0 Å². The van der Waals surface area contributed by atoms with Crippen molar-refractivity contribution in [2.45, 2.75) is 0 Å². The average Bonchev–Trinajstić information content (AvgIpc) is 2.36. The van der Waals surface area contributed by atoms with Crippen LogP contribution in [0.5, 0.6) is 0 Å². The topological polar surface area (TPSA) is 72.7 Å². The van der Waals surface area contributed by atoms with Gasteiger partial charge in [-0.05, 0) is 0 Å². The summed E-state index contributed by atoms with van der Waals surface area (Å²) in [7, 11) is 0. The number of rotatable bonds is 4. The summed E-state index contributed by atoms with van der Waals surface area (Å²) in [5, 5.41) is 19.1. The number of hydrogen-bond acceptors (Lipinski definition) is 4. The van der Waals surface area contributed by atoms with Crippen LogP contribution >= 0.6 is 0 Å². The molecule has 0 radical (unpaired) electrons. The summed E-state index contributed by atoms with van der Waals surface area (Å²) in [5.74, 6) is -1.10. The maximum absolute atomic E-state index is 10.4. The predicted molar refractivity (Wildman–Crippen MR) is 40.3 cm³/mol. The number of hydrogen-bond donors (Lipinski definition) is 1. The summed E-state index contributed by atoms with van der Waals surface area (Å²) in [6.07, 6.45) is 1.59. The molecule has 0 aromatic rings. The lowest BCUT2D eigenvalue weighted by molar-refractivity contribution is -0.823. The summed E-state index contributed by atoms with van der Waals surface area (Å²) < 4.78 is 0.221. The highest BCUT2D eigenvalue weighted by Gasteiger charge is 2.28. The lowest BCUT2D eigenvalue weighted by Gasteiger charge is -2.29. The Morgan fingerprint density at radius 1 is 1.75 bits per heavy atom. The molecule has 0 aromatic carbocycles. The Balaban J connectivity index is 2.59. The smallest absolute Gasteiger partial charge is 0.185 e. The number of aliphatic hydroxyl groups excluding tert-OH is 1. The maximum atomic E-state index is 10.4. The van der Waals surface area contributed by atoms with Gasteiger partial charge in [0, 0.05) is 0 Å². The highest BCUT2D eigenvalue weighted by atomic mass is 16.4. The van der Waals surface area contributed by atoms with E-state index in [1.54, 1.807) is 6.34 Å². The molecule has 12 heavy (non-hydrogen) atoms. The number of carbonyl (C=O) groups is 1. The fourth-order valence-electron chi connectivity index (χ4n) is 1.37. The minimum atomic E-state index is -1.10. The molecule has 0 aliphatic carbocycles. The Morgan fingerprint density at radius 3 is 2.92 bits per heavy atom. The Bertz CT molecular complexity index is 205. The van der Waals surface area contributed by atoms with Crippen LogP contribution in [0.15, 0.2) is 4.99 Å². The number of quaternary nitrogens is 1. The predicted octanol–water partition coefficient (Wildman–Crippen LogP) is -2.41. The van der Waals surface area contributed by atoms with E-state index >= 15 is 0 Å². The minimum absolute atomic E-state index is 0.0285. The molecule has 68 valence electrons. The third-order valence-corrected chi connectivity index (χ3v) is 1.99. The maximum Gasteiger partial charge on any atom is 0.185 e. The van der Waals surface area contributed by atoms with E-state index in [0.29, 0.717) is 19.6 Å². The molecule has 1 heterocycles. The summed E-state index contributed by atoms with van der Waals surface area (Å²) in [6, 6.07) is 0. The third-order valence-electron chi connectivity index (χ3n) is 1.99. The van der Waals surface area contributed by atoms with Crippen LogP contribution in [0.1, 0.15) is 0 Å². The van der Waals surface area contributed by atoms with Gasteiger partial charge >= 0.3 is 0 Å². The van der Waals surface area contributed by atoms with Crippen molar-refractivity contribution in [3.63, 3.8) is 0 Å². The second kappa shape index (κ2) is 3.64. The first-order valence-electron chi connectivity index (χ1n) is 3.86. The van der Waals surface area contributed by atoms with Crippen molar-refractivity contribution < 1.29 is 19.5 Å². The Morgan fingerprint density at radius 2 is 2.50 bits per heavy atom. The van der Waals surface area contributed by atoms with Crippen molar-refractivity contribution in [1.29, 1.82) is 0 Å². The molecule has 0 saturated heterocycles. The normalized spacial score (nSPS) is 27.8. The monoisotopic (exact) mass is 172 g/mol. The summed E-state index contributed by atoms with van der Waals surface area (Å²) >= 11 is 0. The minimum Gasteiger partial charge on any atom is -0.544 e. The largest absolute Gasteiger partial charge is 0.544 e. The first-order valence-corrected chi connectivity index (χ1v) is 3.86. The highest BCUT2D eigenvalue weighted by molar-refractivity contribution is 5.67. The molecule has 5 nitrogen and oxygen atoms in total. The fraction of sp³-hybridized carbons (Fsp3) is 0.714. The van der Waals surface area contributed by atoms with Crippen LogP contribution in [0.25, 0.3) is 0 Å². The van der Waals surface area contributed by atoms with Crippen LogP contribution in [0.4, 0.5) is 0 Å². The van der Waals surface area contributed by atoms with Crippen molar-refractivity contribution in [1.82, 2.24) is 0 Å². The van der Waals surface area contributed by atoms with Gasteiger partial charge in [0.15, 0.2) is 6.34 Å². The average molecular weight is 172 g/mol. The second-order valence-corrected chi connectivity index (χ2v) is 2.94. The van der Waals surface area contributed by atoms with E-state index in [0.717, 1.165) is 0 Å². The van der Waals surface area contributed by atoms with Gasteiger partial charge in [-0.2, -0.15) is 0 Å². The van der Waals surface area contributed by atoms with Gasteiger partial charge in [0.25, 0.3) is 0 Å². The molecule has 1 rings (SSSR count). The van der Waals surface area contributed by atoms with Gasteiger partial charge in [-0.1, -0.05) is 0 Å². The van der Waals surface area contributed by atoms with Crippen molar-refractivity contribution in [2.24, 2.45) is 4.99 Å². The van der Waals surface area contributed by atoms with Gasteiger partial charge < -0.3 is 15.0 Å². The van der Waals surface area contributed by atoms with E-state index in [1.807, 2.05) is 0 Å². The first kappa shape index (κ1) is 9.15. The van der Waals surface area contributed by atoms with Crippen molar-refractivity contribution in [2.75, 3.05) is 32.8 Å². The molecular weight excluding hydrogens is 160 g/mol. The number of aliphatic imine (C=N–C) groups is 1. The molecule has 1 atom stereocenters. The van der Waals surface area contributed by atoms with Crippen molar-refractivity contribution in [3.8, 4) is 0 Å². The Labute approximate surface area is 70.5 Å². The van der Waals surface area contributed by atoms with Gasteiger partial charge in [0.1, 0.15) is 19.6 Å². The van der Waals surface area contributed by atoms with Crippen molar-refractivity contribution >= 4 is 12.3 Å². The quantitative estimate of drug-likeness (QED) is 0.480. The molecule has 5 heteroatoms. The van der Waals surface area contributed by atoms with Crippen LogP contribution in [0.3, 0.4) is 0 Å². The van der Waals surface area contributed by atoms with Crippen LogP contribution in [0.2, 0.25) is 0 Å². The van der Waals surface area contributed by atoms with Gasteiger partial charge in [-0.15, -0.1) is 0 Å². The molecule has 0 fully saturated rings. The fourth-order valence-corrected chi connectivity index (χ4v) is 1.37. The number of carboxylic acid groups (broad SMARTS) is 1. The van der Waals surface area contributed by atoms with Crippen LogP contribution in [-0.2, 0) is 4.79 Å². The summed E-state index contributed by atoms with van der Waals surface area (Å²) in [4.78, 5) is 14.3. The van der Waals surface area contributed by atoms with Crippen LogP contribution < -0.4 is 5.11 Å². The highest BCUT2D eigenvalue weighted by Crippen LogP contribution is 2.07. The molecule has 1 aliphatic rings. The second-order valence-electron chi connectivity index (χ2n) is 2.94. The van der Waals surface area contributed by atoms with E-state index in [1.165, 1.54) is 0 Å². The molecule has 0 saturated carbocycles. The first-order chi connectivity index (χ1) is 5.68. The van der Waals surface area contributed by atoms with E-state index < -0.39 is 5.97 Å². The lowest BCUT2D eigenvalue weighted by Crippen LogP contribution is -2.53. The van der Waals surface area contributed by atoms with Crippen LogP contribution in [-0.4, -0.2) is 54.7 Å². The number of aliphatic hydroxyl groups is 1. The standard InChI is InChI=1S/C7H12N2O3/c10-4-3-9(5-7(11)12)2-1-8-6-9/h6,10H,1-5H2. The van der Waals surface area contributed by atoms with Gasteiger partial charge in [0.2, 0.25) is 0 Å². The van der Waals surface area contributed by atoms with E-state index in [9.17, 15) is 9.90 Å². The number of aliphatic carboxylic acids is 1. The molecular formula is C7H12N2O3. The lowest BCUT2D eigenvalue weighted by atomic mass is 10.4. The SMILES string of the molecule is O=C([O-])C[N+]1(CCO)C=NCC1. The van der Waals surface area contributed by atoms with Gasteiger partial charge in [0.05, 0.1) is 19.1 Å². The zero-order valence-electron chi connectivity index (χ0n) is 6.77. The zero-order chi connectivity index (χ0) is 9.03. The van der Waals surface area contributed by atoms with Gasteiger partial charge in [-0.25, -0.2) is 4.99 Å². The molecule has 1 unspecified atom stereocenters. The van der Waals surface area contributed by atoms with Crippen molar-refractivity contribution in [3.05, 3.63) is 0 Å². The zero-order valence-corrected chi connectivity index (χ0v) is 6.77. The van der Waals surface area contributed by atoms with E-state index in [2.05, 4.69) is 4.99 Å². The van der Waals surface area contributed by atoms with Gasteiger partial charge in [-0.3, -0.25) is 4.48 Å². The molecule has 0 aromatic heterocycles. The van der Waals surface area contributed by atoms with E-state index in [-0.39, 0.29) is 17.6 Å². The molecule has 0 spiro atoms. The summed E-state index contributed by atoms with van der Waals surface area (Å²) in [5.41, 5.74) is 0. The Hall–Kier alpha value is -0.940. The molecule has 1 aliphatic heterocycles. The van der Waals surface area contributed by atoms with E-state index in [4.69, 9.17) is 5.11 Å². The summed E-state index contributed by atoms with van der Waals surface area (Å²) in [6.45, 7) is 1.56. The number of nitrogens with zero attached hydrogens (tertiary/aromatic N) is 2. The molecule has 0 bridgehead atoms. The Kier molecular flexibility index (Phi) is 2.78. The number of carbonyl (C=O) groups excluding carboxylic acids is 1.